The van der Waals surface area contributed by atoms with Crippen LogP contribution < -0.4 is 10.6 Å². The van der Waals surface area contributed by atoms with Gasteiger partial charge in [0.1, 0.15) is 0 Å². The first-order valence-electron chi connectivity index (χ1n) is 11.2. The van der Waals surface area contributed by atoms with E-state index in [9.17, 15) is 0 Å². The third kappa shape index (κ3) is 5.78. The Labute approximate surface area is 176 Å². The molecule has 1 aromatic rings. The van der Waals surface area contributed by atoms with Crippen LogP contribution in [0.1, 0.15) is 78.4 Å². The summed E-state index contributed by atoms with van der Waals surface area (Å²) in [5, 5.41) is 8.47. The van der Waals surface area contributed by atoms with E-state index in [0.717, 1.165) is 11.6 Å². The fourth-order valence-corrected chi connectivity index (χ4v) is 12.0. The van der Waals surface area contributed by atoms with Gasteiger partial charge < -0.3 is 10.6 Å². The molecule has 2 aliphatic rings. The summed E-state index contributed by atoms with van der Waals surface area (Å²) in [6, 6.07) is 9.40. The van der Waals surface area contributed by atoms with Crippen molar-refractivity contribution in [2.75, 3.05) is 13.1 Å². The lowest BCUT2D eigenvalue weighted by Gasteiger charge is -2.42. The summed E-state index contributed by atoms with van der Waals surface area (Å²) in [4.78, 5) is 0. The predicted octanol–water partition coefficient (Wildman–Crippen LogP) is 6.67. The number of hydrogen-bond acceptors (Lipinski definition) is 2. The lowest BCUT2D eigenvalue weighted by Crippen LogP contribution is -2.30. The maximum Gasteiger partial charge on any atom is 0.0286 e. The van der Waals surface area contributed by atoms with Crippen LogP contribution in [0.2, 0.25) is 0 Å². The van der Waals surface area contributed by atoms with Crippen LogP contribution in [0, 0.1) is 0 Å². The second-order valence-electron chi connectivity index (χ2n) is 10.6. The molecule has 2 N–H and O–H groups in total. The molecule has 0 radical (unpaired) electrons. The smallest absolute Gasteiger partial charge is 0.0286 e. The van der Waals surface area contributed by atoms with Crippen molar-refractivity contribution < 1.29 is 0 Å². The van der Waals surface area contributed by atoms with E-state index in [1.54, 1.807) is 11.1 Å². The van der Waals surface area contributed by atoms with Gasteiger partial charge in [-0.15, -0.1) is 0 Å². The van der Waals surface area contributed by atoms with Crippen molar-refractivity contribution in [2.45, 2.75) is 101 Å². The van der Waals surface area contributed by atoms with Crippen molar-refractivity contribution in [3.63, 3.8) is 0 Å². The van der Waals surface area contributed by atoms with Gasteiger partial charge in [0.2, 0.25) is 0 Å². The Morgan fingerprint density at radius 3 is 1.64 bits per heavy atom. The molecule has 158 valence electrons. The molecule has 2 nitrogen and oxygen atoms in total. The summed E-state index contributed by atoms with van der Waals surface area (Å²) in [6.07, 6.45) is 8.02. The van der Waals surface area contributed by atoms with Crippen molar-refractivity contribution in [1.29, 1.82) is 0 Å². The topological polar surface area (TPSA) is 24.1 Å². The van der Waals surface area contributed by atoms with Crippen LogP contribution in [0.5, 0.6) is 0 Å². The molecule has 2 unspecified atom stereocenters. The summed E-state index contributed by atoms with van der Waals surface area (Å²) in [7, 11) is -0.156. The van der Waals surface area contributed by atoms with E-state index >= 15 is 0 Å². The minimum Gasteiger partial charge on any atom is -0.310 e. The van der Waals surface area contributed by atoms with E-state index in [1.807, 2.05) is 0 Å². The van der Waals surface area contributed by atoms with Crippen LogP contribution in [-0.4, -0.2) is 35.0 Å². The fourth-order valence-electron chi connectivity index (χ4n) is 5.05. The summed E-state index contributed by atoms with van der Waals surface area (Å²) in [6.45, 7) is 17.1. The molecule has 2 saturated heterocycles. The summed E-state index contributed by atoms with van der Waals surface area (Å²) in [5.41, 5.74) is 3.26. The first-order valence-corrected chi connectivity index (χ1v) is 14.4. The lowest BCUT2D eigenvalue weighted by atomic mass is 10.1. The second kappa shape index (κ2) is 9.43. The van der Waals surface area contributed by atoms with Crippen LogP contribution in [0.4, 0.5) is 0 Å². The van der Waals surface area contributed by atoms with Crippen LogP contribution in [0.25, 0.3) is 0 Å². The molecule has 2 heterocycles. The van der Waals surface area contributed by atoms with Crippen LogP contribution in [0.3, 0.4) is 0 Å². The van der Waals surface area contributed by atoms with E-state index in [2.05, 4.69) is 76.4 Å². The first kappa shape index (κ1) is 22.7. The Morgan fingerprint density at radius 1 is 0.786 bits per heavy atom. The van der Waals surface area contributed by atoms with Gasteiger partial charge in [-0.2, -0.15) is 0 Å². The Morgan fingerprint density at radius 2 is 1.25 bits per heavy atom. The molecular formula is C24H42N2P2. The number of benzene rings is 1. The Hall–Kier alpha value is -0.0000000000000000416. The molecule has 0 spiro atoms. The van der Waals surface area contributed by atoms with Crippen molar-refractivity contribution in [3.05, 3.63) is 35.4 Å². The van der Waals surface area contributed by atoms with E-state index in [0.29, 0.717) is 10.3 Å². The molecular weight excluding hydrogens is 378 g/mol. The van der Waals surface area contributed by atoms with Crippen molar-refractivity contribution in [3.8, 4) is 0 Å². The molecule has 3 rings (SSSR count). The minimum atomic E-state index is -0.105. The highest BCUT2D eigenvalue weighted by molar-refractivity contribution is 7.60. The summed E-state index contributed by atoms with van der Waals surface area (Å²) < 4.78 is 0. The SMILES string of the molecule is CC(C)(C)P(Cc1ccccc1CP(C1CCCN1)C1CCCN1)C(C)(C)C. The van der Waals surface area contributed by atoms with Gasteiger partial charge in [-0.1, -0.05) is 81.7 Å². The van der Waals surface area contributed by atoms with Gasteiger partial charge in [0, 0.05) is 11.6 Å². The Balaban J connectivity index is 1.83. The Bertz CT molecular complexity index is 590. The largest absolute Gasteiger partial charge is 0.310 e. The average Bonchev–Trinajstić information content (AvgIpc) is 3.30. The highest BCUT2D eigenvalue weighted by Crippen LogP contribution is 2.62. The number of rotatable bonds is 6. The highest BCUT2D eigenvalue weighted by atomic mass is 31.1. The van der Waals surface area contributed by atoms with E-state index in [-0.39, 0.29) is 15.8 Å². The zero-order valence-corrected chi connectivity index (χ0v) is 20.8. The first-order chi connectivity index (χ1) is 13.2. The van der Waals surface area contributed by atoms with Gasteiger partial charge in [-0.05, 0) is 72.5 Å². The van der Waals surface area contributed by atoms with Gasteiger partial charge in [-0.3, -0.25) is 0 Å². The molecule has 0 bridgehead atoms. The van der Waals surface area contributed by atoms with Gasteiger partial charge in [0.15, 0.2) is 0 Å². The molecule has 2 fully saturated rings. The third-order valence-electron chi connectivity index (χ3n) is 6.29. The van der Waals surface area contributed by atoms with Gasteiger partial charge in [-0.25, -0.2) is 0 Å². The molecule has 2 aliphatic heterocycles. The minimum absolute atomic E-state index is 0.0516. The molecule has 2 atom stereocenters. The van der Waals surface area contributed by atoms with Crippen LogP contribution in [0.15, 0.2) is 24.3 Å². The predicted molar refractivity (Wildman–Crippen MR) is 129 cm³/mol. The van der Waals surface area contributed by atoms with E-state index in [4.69, 9.17) is 0 Å². The molecule has 1 aromatic carbocycles. The summed E-state index contributed by atoms with van der Waals surface area (Å²) >= 11 is 0. The highest BCUT2D eigenvalue weighted by Gasteiger charge is 2.36. The zero-order chi connectivity index (χ0) is 20.4. The third-order valence-corrected chi connectivity index (χ3v) is 13.4. The maximum atomic E-state index is 3.86. The van der Waals surface area contributed by atoms with Crippen molar-refractivity contribution >= 4 is 15.8 Å². The van der Waals surface area contributed by atoms with E-state index < -0.39 is 0 Å². The molecule has 4 heteroatoms. The quantitative estimate of drug-likeness (QED) is 0.503. The molecule has 0 amide bonds. The van der Waals surface area contributed by atoms with Gasteiger partial charge in [0.25, 0.3) is 0 Å². The number of hydrogen-bond donors (Lipinski definition) is 2. The molecule has 0 saturated carbocycles. The standard InChI is InChI=1S/C24H42N2P2/c1-23(2,3)28(24(4,5)6)18-20-12-8-7-11-19(20)17-27(21-13-9-15-25-21)22-14-10-16-26-22/h7-8,11-12,21-22,25-26H,9-10,13-18H2,1-6H3. The van der Waals surface area contributed by atoms with Gasteiger partial charge in [0.05, 0.1) is 0 Å². The molecule has 0 aromatic heterocycles. The van der Waals surface area contributed by atoms with E-state index in [1.165, 1.54) is 51.1 Å². The average molecular weight is 421 g/mol. The normalized spacial score (nSPS) is 24.8. The zero-order valence-electron chi connectivity index (χ0n) is 19.0. The Kier molecular flexibility index (Phi) is 7.64. The van der Waals surface area contributed by atoms with Crippen LogP contribution in [-0.2, 0) is 12.3 Å². The maximum absolute atomic E-state index is 3.86. The molecule has 28 heavy (non-hydrogen) atoms. The molecule has 0 aliphatic carbocycles. The van der Waals surface area contributed by atoms with Gasteiger partial charge >= 0.3 is 0 Å². The number of nitrogens with one attached hydrogen (secondary N) is 2. The van der Waals surface area contributed by atoms with Crippen molar-refractivity contribution in [1.82, 2.24) is 10.6 Å². The van der Waals surface area contributed by atoms with Crippen LogP contribution >= 0.6 is 15.8 Å². The second-order valence-corrected chi connectivity index (χ2v) is 17.0. The fraction of sp³-hybridized carbons (Fsp3) is 0.750. The summed E-state index contributed by atoms with van der Waals surface area (Å²) in [5.74, 6) is 1.51. The monoisotopic (exact) mass is 420 g/mol. The lowest BCUT2D eigenvalue weighted by molar-refractivity contribution is 0.702. The van der Waals surface area contributed by atoms with Crippen molar-refractivity contribution in [2.24, 2.45) is 0 Å².